The number of hydrogen-bond donors (Lipinski definition) is 2. The summed E-state index contributed by atoms with van der Waals surface area (Å²) in [5.74, 6) is 0.930. The maximum atomic E-state index is 11.8. The molecule has 26 heavy (non-hydrogen) atoms. The molecule has 0 radical (unpaired) electrons. The van der Waals surface area contributed by atoms with Gasteiger partial charge in [0.2, 0.25) is 0 Å². The summed E-state index contributed by atoms with van der Waals surface area (Å²) in [4.78, 5) is 18.5. The van der Waals surface area contributed by atoms with Crippen LogP contribution in [0.15, 0.2) is 4.99 Å². The van der Waals surface area contributed by atoms with Gasteiger partial charge >= 0.3 is 5.97 Å². The third-order valence-corrected chi connectivity index (χ3v) is 3.47. The monoisotopic (exact) mass is 484 g/mol. The van der Waals surface area contributed by atoms with E-state index in [9.17, 15) is 4.79 Å². The van der Waals surface area contributed by atoms with E-state index >= 15 is 0 Å². The highest BCUT2D eigenvalue weighted by Gasteiger charge is 2.21. The number of aliphatic imine (C=N–C) groups is 1. The number of guanidine groups is 1. The van der Waals surface area contributed by atoms with E-state index in [0.29, 0.717) is 18.4 Å². The molecule has 8 heteroatoms. The molecule has 0 bridgehead atoms. The van der Waals surface area contributed by atoms with Crippen molar-refractivity contribution in [1.29, 1.82) is 0 Å². The lowest BCUT2D eigenvalue weighted by Gasteiger charge is -2.34. The summed E-state index contributed by atoms with van der Waals surface area (Å²) < 4.78 is 11.1. The predicted molar refractivity (Wildman–Crippen MR) is 116 cm³/mol. The fourth-order valence-electron chi connectivity index (χ4n) is 2.66. The second-order valence-corrected chi connectivity index (χ2v) is 7.81. The van der Waals surface area contributed by atoms with Crippen LogP contribution in [0.3, 0.4) is 0 Å². The van der Waals surface area contributed by atoms with Crippen LogP contribution in [-0.2, 0) is 14.3 Å². The maximum Gasteiger partial charge on any atom is 0.328 e. The molecule has 0 amide bonds. The Hall–Kier alpha value is -0.610. The molecule has 1 fully saturated rings. The Kier molecular flexibility index (Phi) is 12.4. The van der Waals surface area contributed by atoms with E-state index in [1.165, 1.54) is 0 Å². The van der Waals surface area contributed by atoms with Crippen LogP contribution in [0.1, 0.15) is 41.5 Å². The van der Waals surface area contributed by atoms with Gasteiger partial charge in [-0.1, -0.05) is 13.8 Å². The molecule has 1 atom stereocenters. The number of ether oxygens (including phenoxy) is 2. The Bertz CT molecular complexity index is 439. The third-order valence-electron chi connectivity index (χ3n) is 3.47. The van der Waals surface area contributed by atoms with Crippen molar-refractivity contribution < 1.29 is 14.3 Å². The number of rotatable bonds is 7. The summed E-state index contributed by atoms with van der Waals surface area (Å²) in [7, 11) is 0. The number of carbonyl (C=O) groups excluding carboxylic acids is 1. The van der Waals surface area contributed by atoms with Gasteiger partial charge < -0.3 is 20.1 Å². The smallest absolute Gasteiger partial charge is 0.328 e. The summed E-state index contributed by atoms with van der Waals surface area (Å²) in [6.07, 6.45) is 0.123. The number of nitrogens with one attached hydrogen (secondary N) is 2. The van der Waals surface area contributed by atoms with Gasteiger partial charge in [-0.15, -0.1) is 24.0 Å². The van der Waals surface area contributed by atoms with Gasteiger partial charge in [-0.25, -0.2) is 4.99 Å². The standard InChI is InChI=1S/C18H36N4O3.HI/c1-7-19-17(21-11-16(23)25-18(4,5)6)20-10-15-13-22(8-9-24-15)12-14(2)3;/h14-15H,7-13H2,1-6H3,(H2,19,20,21);1H. The topological polar surface area (TPSA) is 75.2 Å². The Morgan fingerprint density at radius 2 is 2.04 bits per heavy atom. The van der Waals surface area contributed by atoms with Crippen molar-refractivity contribution in [3.8, 4) is 0 Å². The number of morpholine rings is 1. The Labute approximate surface area is 175 Å². The Balaban J connectivity index is 0.00000625. The van der Waals surface area contributed by atoms with Crippen LogP contribution in [0.5, 0.6) is 0 Å². The van der Waals surface area contributed by atoms with Crippen LogP contribution >= 0.6 is 24.0 Å². The second kappa shape index (κ2) is 12.7. The van der Waals surface area contributed by atoms with Crippen LogP contribution in [0.25, 0.3) is 0 Å². The lowest BCUT2D eigenvalue weighted by atomic mass is 10.2. The first-order valence-electron chi connectivity index (χ1n) is 9.27. The maximum absolute atomic E-state index is 11.8. The molecule has 1 unspecified atom stereocenters. The van der Waals surface area contributed by atoms with Crippen molar-refractivity contribution in [2.24, 2.45) is 10.9 Å². The second-order valence-electron chi connectivity index (χ2n) is 7.81. The minimum Gasteiger partial charge on any atom is -0.459 e. The first-order chi connectivity index (χ1) is 11.7. The molecule has 0 aliphatic carbocycles. The lowest BCUT2D eigenvalue weighted by molar-refractivity contribution is -0.152. The van der Waals surface area contributed by atoms with E-state index in [2.05, 4.69) is 34.4 Å². The van der Waals surface area contributed by atoms with E-state index in [0.717, 1.165) is 32.8 Å². The van der Waals surface area contributed by atoms with Crippen LogP contribution in [-0.4, -0.2) is 74.4 Å². The van der Waals surface area contributed by atoms with Gasteiger partial charge in [0, 0.05) is 32.7 Å². The summed E-state index contributed by atoms with van der Waals surface area (Å²) in [6, 6.07) is 0. The molecule has 0 aromatic rings. The molecule has 1 aliphatic heterocycles. The fourth-order valence-corrected chi connectivity index (χ4v) is 2.66. The van der Waals surface area contributed by atoms with Crippen molar-refractivity contribution in [3.05, 3.63) is 0 Å². The normalized spacial score (nSPS) is 19.0. The van der Waals surface area contributed by atoms with Crippen molar-refractivity contribution in [2.45, 2.75) is 53.2 Å². The third kappa shape index (κ3) is 11.9. The molecule has 154 valence electrons. The average molecular weight is 484 g/mol. The minimum atomic E-state index is -0.492. The fraction of sp³-hybridized carbons (Fsp3) is 0.889. The van der Waals surface area contributed by atoms with Crippen LogP contribution in [0.4, 0.5) is 0 Å². The van der Waals surface area contributed by atoms with Crippen molar-refractivity contribution in [3.63, 3.8) is 0 Å². The molecule has 1 rings (SSSR count). The van der Waals surface area contributed by atoms with Crippen molar-refractivity contribution in [2.75, 3.05) is 45.9 Å². The SMILES string of the molecule is CCNC(=NCC(=O)OC(C)(C)C)NCC1CN(CC(C)C)CCO1.I. The minimum absolute atomic E-state index is 0. The zero-order valence-electron chi connectivity index (χ0n) is 17.1. The summed E-state index contributed by atoms with van der Waals surface area (Å²) >= 11 is 0. The molecular formula is C18H37IN4O3. The van der Waals surface area contributed by atoms with Crippen molar-refractivity contribution >= 4 is 35.9 Å². The van der Waals surface area contributed by atoms with Crippen molar-refractivity contribution in [1.82, 2.24) is 15.5 Å². The average Bonchev–Trinajstić information content (AvgIpc) is 2.48. The number of carbonyl (C=O) groups is 1. The highest BCUT2D eigenvalue weighted by atomic mass is 127. The van der Waals surface area contributed by atoms with Crippen LogP contribution < -0.4 is 10.6 Å². The molecule has 1 aliphatic rings. The highest BCUT2D eigenvalue weighted by Crippen LogP contribution is 2.08. The van der Waals surface area contributed by atoms with Crippen LogP contribution in [0, 0.1) is 5.92 Å². The largest absolute Gasteiger partial charge is 0.459 e. The Morgan fingerprint density at radius 3 is 2.62 bits per heavy atom. The molecule has 0 spiro atoms. The molecule has 7 nitrogen and oxygen atoms in total. The van der Waals surface area contributed by atoms with Gasteiger partial charge in [0.1, 0.15) is 12.1 Å². The lowest BCUT2D eigenvalue weighted by Crippen LogP contribution is -2.50. The van der Waals surface area contributed by atoms with Gasteiger partial charge in [0.15, 0.2) is 5.96 Å². The van der Waals surface area contributed by atoms with Gasteiger partial charge in [0.25, 0.3) is 0 Å². The molecule has 1 heterocycles. The zero-order valence-corrected chi connectivity index (χ0v) is 19.5. The van der Waals surface area contributed by atoms with Gasteiger partial charge in [-0.05, 0) is 33.6 Å². The number of esters is 1. The van der Waals surface area contributed by atoms with E-state index in [4.69, 9.17) is 9.47 Å². The molecule has 0 aromatic heterocycles. The first-order valence-corrected chi connectivity index (χ1v) is 9.27. The van der Waals surface area contributed by atoms with Gasteiger partial charge in [-0.3, -0.25) is 9.69 Å². The van der Waals surface area contributed by atoms with E-state index in [1.54, 1.807) is 0 Å². The summed E-state index contributed by atoms with van der Waals surface area (Å²) in [5, 5.41) is 6.41. The van der Waals surface area contributed by atoms with E-state index < -0.39 is 5.60 Å². The highest BCUT2D eigenvalue weighted by molar-refractivity contribution is 14.0. The van der Waals surface area contributed by atoms with Gasteiger partial charge in [-0.2, -0.15) is 0 Å². The van der Waals surface area contributed by atoms with Gasteiger partial charge in [0.05, 0.1) is 12.7 Å². The van der Waals surface area contributed by atoms with E-state index in [-0.39, 0.29) is 42.6 Å². The van der Waals surface area contributed by atoms with Crippen LogP contribution in [0.2, 0.25) is 0 Å². The molecule has 0 saturated carbocycles. The summed E-state index contributed by atoms with van der Waals surface area (Å²) in [5.41, 5.74) is -0.492. The quantitative estimate of drug-likeness (QED) is 0.249. The zero-order chi connectivity index (χ0) is 18.9. The number of nitrogens with zero attached hydrogens (tertiary/aromatic N) is 2. The van der Waals surface area contributed by atoms with E-state index in [1.807, 2.05) is 27.7 Å². The summed E-state index contributed by atoms with van der Waals surface area (Å²) in [6.45, 7) is 17.1. The Morgan fingerprint density at radius 1 is 1.35 bits per heavy atom. The molecule has 1 saturated heterocycles. The molecule has 2 N–H and O–H groups in total. The molecular weight excluding hydrogens is 447 g/mol. The first kappa shape index (κ1) is 25.4. The number of halogens is 1. The number of hydrogen-bond acceptors (Lipinski definition) is 5. The molecule has 0 aromatic carbocycles. The predicted octanol–water partition coefficient (Wildman–Crippen LogP) is 1.86.